The lowest BCUT2D eigenvalue weighted by Crippen LogP contribution is -2.34. The zero-order valence-electron chi connectivity index (χ0n) is 13.0. The standard InChI is InChI=1S/C17H21N3O2/c1-3-22-16-9-7-15(8-10-16)20(2)13-17(21)19-12-14-6-4-5-11-18-14/h4-11H,3,12-13H2,1-2H3,(H,19,21). The number of likely N-dealkylation sites (N-methyl/N-ethyl adjacent to an activating group) is 1. The minimum atomic E-state index is -0.0398. The van der Waals surface area contributed by atoms with E-state index < -0.39 is 0 Å². The molecule has 0 saturated carbocycles. The molecule has 5 heteroatoms. The third kappa shape index (κ3) is 4.77. The normalized spacial score (nSPS) is 10.1. The zero-order valence-corrected chi connectivity index (χ0v) is 13.0. The van der Waals surface area contributed by atoms with E-state index in [1.54, 1.807) is 6.20 Å². The maximum absolute atomic E-state index is 12.0. The summed E-state index contributed by atoms with van der Waals surface area (Å²) in [6, 6.07) is 13.3. The monoisotopic (exact) mass is 299 g/mol. The average Bonchev–Trinajstić information content (AvgIpc) is 2.55. The van der Waals surface area contributed by atoms with E-state index >= 15 is 0 Å². The Kier molecular flexibility index (Phi) is 5.77. The molecule has 1 aromatic heterocycles. The van der Waals surface area contributed by atoms with Crippen molar-refractivity contribution in [1.29, 1.82) is 0 Å². The number of carbonyl (C=O) groups excluding carboxylic acids is 1. The second-order valence-corrected chi connectivity index (χ2v) is 4.88. The second kappa shape index (κ2) is 8.02. The minimum Gasteiger partial charge on any atom is -0.494 e. The Labute approximate surface area is 130 Å². The summed E-state index contributed by atoms with van der Waals surface area (Å²) in [5.74, 6) is 0.793. The highest BCUT2D eigenvalue weighted by Crippen LogP contribution is 2.18. The Hall–Kier alpha value is -2.56. The van der Waals surface area contributed by atoms with Crippen LogP contribution in [0.4, 0.5) is 5.69 Å². The van der Waals surface area contributed by atoms with Crippen molar-refractivity contribution in [2.24, 2.45) is 0 Å². The number of hydrogen-bond acceptors (Lipinski definition) is 4. The highest BCUT2D eigenvalue weighted by molar-refractivity contribution is 5.81. The molecule has 1 aromatic carbocycles. The molecule has 0 aliphatic rings. The molecule has 0 atom stereocenters. The van der Waals surface area contributed by atoms with E-state index in [1.165, 1.54) is 0 Å². The third-order valence-corrected chi connectivity index (χ3v) is 3.16. The van der Waals surface area contributed by atoms with Crippen LogP contribution in [-0.2, 0) is 11.3 Å². The van der Waals surface area contributed by atoms with E-state index in [4.69, 9.17) is 4.74 Å². The van der Waals surface area contributed by atoms with Crippen LogP contribution in [0.5, 0.6) is 5.75 Å². The number of nitrogens with zero attached hydrogens (tertiary/aromatic N) is 2. The van der Waals surface area contributed by atoms with Crippen molar-refractivity contribution < 1.29 is 9.53 Å². The highest BCUT2D eigenvalue weighted by atomic mass is 16.5. The van der Waals surface area contributed by atoms with E-state index in [9.17, 15) is 4.79 Å². The van der Waals surface area contributed by atoms with Crippen LogP contribution in [0.3, 0.4) is 0 Å². The van der Waals surface area contributed by atoms with Crippen LogP contribution in [0, 0.1) is 0 Å². The first-order chi connectivity index (χ1) is 10.7. The quantitative estimate of drug-likeness (QED) is 0.852. The van der Waals surface area contributed by atoms with Gasteiger partial charge >= 0.3 is 0 Å². The molecular formula is C17H21N3O2. The second-order valence-electron chi connectivity index (χ2n) is 4.88. The minimum absolute atomic E-state index is 0.0398. The van der Waals surface area contributed by atoms with Crippen LogP contribution in [-0.4, -0.2) is 31.1 Å². The Morgan fingerprint density at radius 2 is 2.00 bits per heavy atom. The fourth-order valence-electron chi connectivity index (χ4n) is 2.02. The molecule has 1 heterocycles. The van der Waals surface area contributed by atoms with E-state index in [-0.39, 0.29) is 5.91 Å². The number of nitrogens with one attached hydrogen (secondary N) is 1. The SMILES string of the molecule is CCOc1ccc(N(C)CC(=O)NCc2ccccn2)cc1. The molecule has 0 radical (unpaired) electrons. The van der Waals surface area contributed by atoms with E-state index in [0.29, 0.717) is 19.7 Å². The first-order valence-electron chi connectivity index (χ1n) is 7.29. The van der Waals surface area contributed by atoms with Gasteiger partial charge in [-0.3, -0.25) is 9.78 Å². The number of pyridine rings is 1. The van der Waals surface area contributed by atoms with Crippen LogP contribution in [0.1, 0.15) is 12.6 Å². The molecule has 0 saturated heterocycles. The van der Waals surface area contributed by atoms with Crippen molar-refractivity contribution in [3.05, 3.63) is 54.4 Å². The summed E-state index contributed by atoms with van der Waals surface area (Å²) in [5.41, 5.74) is 1.82. The molecule has 0 spiro atoms. The smallest absolute Gasteiger partial charge is 0.239 e. The van der Waals surface area contributed by atoms with Crippen LogP contribution in [0.25, 0.3) is 0 Å². The molecular weight excluding hydrogens is 278 g/mol. The number of aromatic nitrogens is 1. The molecule has 116 valence electrons. The molecule has 0 aliphatic carbocycles. The zero-order chi connectivity index (χ0) is 15.8. The number of carbonyl (C=O) groups is 1. The van der Waals surface area contributed by atoms with Crippen molar-refractivity contribution in [3.8, 4) is 5.75 Å². The lowest BCUT2D eigenvalue weighted by molar-refractivity contribution is -0.119. The Bertz CT molecular complexity index is 585. The maximum atomic E-state index is 12.0. The van der Waals surface area contributed by atoms with Crippen LogP contribution >= 0.6 is 0 Å². The number of benzene rings is 1. The number of rotatable bonds is 7. The van der Waals surface area contributed by atoms with Gasteiger partial charge in [0.15, 0.2) is 0 Å². The fourth-order valence-corrected chi connectivity index (χ4v) is 2.02. The molecule has 2 rings (SSSR count). The van der Waals surface area contributed by atoms with E-state index in [1.807, 2.05) is 61.3 Å². The van der Waals surface area contributed by atoms with Gasteiger partial charge in [0.1, 0.15) is 5.75 Å². The molecule has 1 amide bonds. The summed E-state index contributed by atoms with van der Waals surface area (Å²) in [4.78, 5) is 18.0. The van der Waals surface area contributed by atoms with Gasteiger partial charge in [-0.2, -0.15) is 0 Å². The molecule has 0 bridgehead atoms. The summed E-state index contributed by atoms with van der Waals surface area (Å²) in [6.45, 7) is 3.33. The van der Waals surface area contributed by atoms with Gasteiger partial charge in [-0.25, -0.2) is 0 Å². The van der Waals surface area contributed by atoms with Crippen LogP contribution in [0.15, 0.2) is 48.7 Å². The lowest BCUT2D eigenvalue weighted by atomic mass is 10.3. The largest absolute Gasteiger partial charge is 0.494 e. The van der Waals surface area contributed by atoms with Gasteiger partial charge in [0.05, 0.1) is 25.4 Å². The van der Waals surface area contributed by atoms with Crippen molar-refractivity contribution in [1.82, 2.24) is 10.3 Å². The van der Waals surface area contributed by atoms with Crippen LogP contribution in [0.2, 0.25) is 0 Å². The third-order valence-electron chi connectivity index (χ3n) is 3.16. The Morgan fingerprint density at radius 1 is 1.23 bits per heavy atom. The summed E-state index contributed by atoms with van der Waals surface area (Å²) in [7, 11) is 1.88. The predicted molar refractivity (Wildman–Crippen MR) is 87.0 cm³/mol. The molecule has 0 aliphatic heterocycles. The van der Waals surface area contributed by atoms with Crippen molar-refractivity contribution >= 4 is 11.6 Å². The van der Waals surface area contributed by atoms with E-state index in [2.05, 4.69) is 10.3 Å². The van der Waals surface area contributed by atoms with Gasteiger partial charge in [0.25, 0.3) is 0 Å². The molecule has 2 aromatic rings. The van der Waals surface area contributed by atoms with Gasteiger partial charge in [-0.05, 0) is 43.3 Å². The summed E-state index contributed by atoms with van der Waals surface area (Å²) in [5, 5.41) is 2.86. The summed E-state index contributed by atoms with van der Waals surface area (Å²) >= 11 is 0. The van der Waals surface area contributed by atoms with Gasteiger partial charge in [0, 0.05) is 18.9 Å². The summed E-state index contributed by atoms with van der Waals surface area (Å²) < 4.78 is 5.40. The van der Waals surface area contributed by atoms with Gasteiger partial charge in [-0.1, -0.05) is 6.07 Å². The molecule has 0 fully saturated rings. The van der Waals surface area contributed by atoms with Gasteiger partial charge in [0.2, 0.25) is 5.91 Å². The maximum Gasteiger partial charge on any atom is 0.239 e. The first kappa shape index (κ1) is 15.8. The average molecular weight is 299 g/mol. The molecule has 5 nitrogen and oxygen atoms in total. The van der Waals surface area contributed by atoms with Gasteiger partial charge in [-0.15, -0.1) is 0 Å². The van der Waals surface area contributed by atoms with Crippen LogP contribution < -0.4 is 15.0 Å². The predicted octanol–water partition coefficient (Wildman–Crippen LogP) is 2.23. The van der Waals surface area contributed by atoms with E-state index in [0.717, 1.165) is 17.1 Å². The molecule has 22 heavy (non-hydrogen) atoms. The Morgan fingerprint density at radius 3 is 2.64 bits per heavy atom. The first-order valence-corrected chi connectivity index (χ1v) is 7.29. The number of anilines is 1. The summed E-state index contributed by atoms with van der Waals surface area (Å²) in [6.07, 6.45) is 1.72. The molecule has 1 N–H and O–H groups in total. The lowest BCUT2D eigenvalue weighted by Gasteiger charge is -2.19. The number of amides is 1. The van der Waals surface area contributed by atoms with Crippen molar-refractivity contribution in [2.45, 2.75) is 13.5 Å². The molecule has 0 unspecified atom stereocenters. The van der Waals surface area contributed by atoms with Crippen molar-refractivity contribution in [3.63, 3.8) is 0 Å². The highest BCUT2D eigenvalue weighted by Gasteiger charge is 2.07. The number of ether oxygens (including phenoxy) is 1. The number of hydrogen-bond donors (Lipinski definition) is 1. The topological polar surface area (TPSA) is 54.5 Å². The fraction of sp³-hybridized carbons (Fsp3) is 0.294. The Balaban J connectivity index is 1.82. The van der Waals surface area contributed by atoms with Crippen molar-refractivity contribution in [2.75, 3.05) is 25.1 Å². The van der Waals surface area contributed by atoms with Gasteiger partial charge < -0.3 is 15.0 Å².